The highest BCUT2D eigenvalue weighted by Gasteiger charge is 2.26. The van der Waals surface area contributed by atoms with Crippen LogP contribution < -0.4 is 4.90 Å². The van der Waals surface area contributed by atoms with Gasteiger partial charge in [0.25, 0.3) is 0 Å². The number of carbonyl (C=O) groups excluding carboxylic acids is 1. The van der Waals surface area contributed by atoms with Crippen molar-refractivity contribution in [2.45, 2.75) is 6.54 Å². The molecule has 2 aromatic rings. The Morgan fingerprint density at radius 1 is 1.22 bits per heavy atom. The molecule has 23 heavy (non-hydrogen) atoms. The van der Waals surface area contributed by atoms with Gasteiger partial charge in [-0.25, -0.2) is 9.97 Å². The maximum atomic E-state index is 12.3. The van der Waals surface area contributed by atoms with E-state index in [1.165, 1.54) is 0 Å². The standard InChI is InChI=1S/C16H14ClN5O/c17-14-5-6-19-16(20-14)22-8-7-21(11-15(22)23)10-13-3-1-12(9-18)2-4-13/h1-6H,7-8,10-11H2. The van der Waals surface area contributed by atoms with Crippen molar-refractivity contribution in [3.8, 4) is 6.07 Å². The Labute approximate surface area is 138 Å². The van der Waals surface area contributed by atoms with Crippen LogP contribution >= 0.6 is 11.6 Å². The zero-order valence-electron chi connectivity index (χ0n) is 12.3. The Bertz CT molecular complexity index is 756. The zero-order valence-corrected chi connectivity index (χ0v) is 13.1. The maximum absolute atomic E-state index is 12.3. The van der Waals surface area contributed by atoms with E-state index in [0.717, 1.165) is 12.1 Å². The minimum atomic E-state index is -0.0489. The van der Waals surface area contributed by atoms with Gasteiger partial charge in [0.15, 0.2) is 0 Å². The molecular weight excluding hydrogens is 314 g/mol. The topological polar surface area (TPSA) is 73.1 Å². The monoisotopic (exact) mass is 327 g/mol. The van der Waals surface area contributed by atoms with E-state index in [1.807, 2.05) is 12.1 Å². The number of amides is 1. The second-order valence-corrected chi connectivity index (χ2v) is 5.63. The molecule has 0 spiro atoms. The summed E-state index contributed by atoms with van der Waals surface area (Å²) in [6, 6.07) is 11.1. The van der Waals surface area contributed by atoms with Crippen LogP contribution in [0.4, 0.5) is 5.95 Å². The third kappa shape index (κ3) is 3.65. The predicted molar refractivity (Wildman–Crippen MR) is 85.8 cm³/mol. The zero-order chi connectivity index (χ0) is 16.2. The molecule has 116 valence electrons. The van der Waals surface area contributed by atoms with Gasteiger partial charge in [-0.1, -0.05) is 23.7 Å². The Hall–Kier alpha value is -2.49. The van der Waals surface area contributed by atoms with Crippen LogP contribution in [0.25, 0.3) is 0 Å². The van der Waals surface area contributed by atoms with Gasteiger partial charge in [0.05, 0.1) is 18.2 Å². The number of hydrogen-bond acceptors (Lipinski definition) is 5. The van der Waals surface area contributed by atoms with Crippen molar-refractivity contribution in [1.82, 2.24) is 14.9 Å². The quantitative estimate of drug-likeness (QED) is 0.804. The Kier molecular flexibility index (Phi) is 4.51. The Balaban J connectivity index is 1.64. The molecule has 1 saturated heterocycles. The first-order chi connectivity index (χ1) is 11.2. The number of aromatic nitrogens is 2. The van der Waals surface area contributed by atoms with Crippen LogP contribution in [0.5, 0.6) is 0 Å². The molecule has 6 nitrogen and oxygen atoms in total. The number of carbonyl (C=O) groups is 1. The van der Waals surface area contributed by atoms with Crippen molar-refractivity contribution >= 4 is 23.5 Å². The molecule has 0 saturated carbocycles. The highest BCUT2D eigenvalue weighted by molar-refractivity contribution is 6.29. The summed E-state index contributed by atoms with van der Waals surface area (Å²) in [5.41, 5.74) is 1.71. The fourth-order valence-corrected chi connectivity index (χ4v) is 2.60. The molecule has 1 aromatic heterocycles. The van der Waals surface area contributed by atoms with E-state index in [2.05, 4.69) is 20.9 Å². The number of nitriles is 1. The number of benzene rings is 1. The lowest BCUT2D eigenvalue weighted by atomic mass is 10.1. The molecule has 7 heteroatoms. The summed E-state index contributed by atoms with van der Waals surface area (Å²) in [5.74, 6) is 0.299. The van der Waals surface area contributed by atoms with Crippen molar-refractivity contribution in [2.75, 3.05) is 24.5 Å². The second-order valence-electron chi connectivity index (χ2n) is 5.24. The number of hydrogen-bond donors (Lipinski definition) is 0. The fourth-order valence-electron chi connectivity index (χ4n) is 2.47. The minimum absolute atomic E-state index is 0.0489. The van der Waals surface area contributed by atoms with Crippen molar-refractivity contribution in [3.63, 3.8) is 0 Å². The summed E-state index contributed by atoms with van der Waals surface area (Å²) >= 11 is 5.85. The van der Waals surface area contributed by atoms with Gasteiger partial charge in [-0.2, -0.15) is 5.26 Å². The first-order valence-corrected chi connectivity index (χ1v) is 7.54. The normalized spacial score (nSPS) is 15.5. The summed E-state index contributed by atoms with van der Waals surface area (Å²) in [5, 5.41) is 9.13. The lowest BCUT2D eigenvalue weighted by Crippen LogP contribution is -2.50. The lowest BCUT2D eigenvalue weighted by Gasteiger charge is -2.33. The van der Waals surface area contributed by atoms with E-state index in [9.17, 15) is 4.79 Å². The van der Waals surface area contributed by atoms with E-state index in [0.29, 0.717) is 36.3 Å². The molecule has 3 rings (SSSR count). The highest BCUT2D eigenvalue weighted by atomic mass is 35.5. The smallest absolute Gasteiger partial charge is 0.243 e. The van der Waals surface area contributed by atoms with Gasteiger partial charge in [-0.15, -0.1) is 0 Å². The Morgan fingerprint density at radius 3 is 2.65 bits per heavy atom. The molecule has 1 fully saturated rings. The van der Waals surface area contributed by atoms with Crippen LogP contribution in [0.2, 0.25) is 5.15 Å². The molecule has 1 aromatic carbocycles. The third-order valence-electron chi connectivity index (χ3n) is 3.64. The van der Waals surface area contributed by atoms with E-state index in [-0.39, 0.29) is 5.91 Å². The molecule has 1 amide bonds. The van der Waals surface area contributed by atoms with E-state index in [4.69, 9.17) is 16.9 Å². The third-order valence-corrected chi connectivity index (χ3v) is 3.85. The largest absolute Gasteiger partial charge is 0.288 e. The van der Waals surface area contributed by atoms with Crippen molar-refractivity contribution in [1.29, 1.82) is 5.26 Å². The van der Waals surface area contributed by atoms with Crippen LogP contribution in [0.1, 0.15) is 11.1 Å². The van der Waals surface area contributed by atoms with Crippen LogP contribution in [-0.2, 0) is 11.3 Å². The fraction of sp³-hybridized carbons (Fsp3) is 0.250. The van der Waals surface area contributed by atoms with Gasteiger partial charge >= 0.3 is 0 Å². The highest BCUT2D eigenvalue weighted by Crippen LogP contribution is 2.16. The molecule has 0 N–H and O–H groups in total. The molecule has 0 aliphatic carbocycles. The van der Waals surface area contributed by atoms with Crippen LogP contribution in [0.3, 0.4) is 0 Å². The number of rotatable bonds is 3. The van der Waals surface area contributed by atoms with Gasteiger partial charge in [0.2, 0.25) is 11.9 Å². The van der Waals surface area contributed by atoms with Gasteiger partial charge < -0.3 is 0 Å². The van der Waals surface area contributed by atoms with Gasteiger partial charge in [0, 0.05) is 25.8 Å². The summed E-state index contributed by atoms with van der Waals surface area (Å²) in [7, 11) is 0. The molecule has 0 radical (unpaired) electrons. The molecule has 1 aliphatic heterocycles. The van der Waals surface area contributed by atoms with Gasteiger partial charge in [-0.05, 0) is 23.8 Å². The van der Waals surface area contributed by atoms with Crippen LogP contribution in [0, 0.1) is 11.3 Å². The average molecular weight is 328 g/mol. The van der Waals surface area contributed by atoms with Crippen molar-refractivity contribution < 1.29 is 4.79 Å². The van der Waals surface area contributed by atoms with E-state index >= 15 is 0 Å². The Morgan fingerprint density at radius 2 is 2.00 bits per heavy atom. The minimum Gasteiger partial charge on any atom is -0.288 e. The number of halogens is 1. The first kappa shape index (κ1) is 15.4. The molecule has 1 aliphatic rings. The van der Waals surface area contributed by atoms with Crippen LogP contribution in [-0.4, -0.2) is 40.4 Å². The predicted octanol–water partition coefficient (Wildman–Crippen LogP) is 1.85. The summed E-state index contributed by atoms with van der Waals surface area (Å²) in [4.78, 5) is 24.1. The van der Waals surface area contributed by atoms with Gasteiger partial charge in [-0.3, -0.25) is 14.6 Å². The number of nitrogens with zero attached hydrogens (tertiary/aromatic N) is 5. The summed E-state index contributed by atoms with van der Waals surface area (Å²) in [6.45, 7) is 2.22. The summed E-state index contributed by atoms with van der Waals surface area (Å²) < 4.78 is 0. The van der Waals surface area contributed by atoms with Crippen molar-refractivity contribution in [3.05, 3.63) is 52.8 Å². The molecule has 0 atom stereocenters. The number of anilines is 1. The molecular formula is C16H14ClN5O. The SMILES string of the molecule is N#Cc1ccc(CN2CCN(c3nccc(Cl)n3)C(=O)C2)cc1. The molecule has 0 bridgehead atoms. The van der Waals surface area contributed by atoms with Crippen LogP contribution in [0.15, 0.2) is 36.5 Å². The number of piperazine rings is 1. The van der Waals surface area contributed by atoms with E-state index in [1.54, 1.807) is 29.3 Å². The molecule has 2 heterocycles. The lowest BCUT2D eigenvalue weighted by molar-refractivity contribution is -0.121. The average Bonchev–Trinajstić information content (AvgIpc) is 2.56. The van der Waals surface area contributed by atoms with Crippen molar-refractivity contribution in [2.24, 2.45) is 0 Å². The second kappa shape index (κ2) is 6.73. The molecule has 0 unspecified atom stereocenters. The summed E-state index contributed by atoms with van der Waals surface area (Å²) in [6.07, 6.45) is 1.54. The van der Waals surface area contributed by atoms with Gasteiger partial charge in [0.1, 0.15) is 5.15 Å². The van der Waals surface area contributed by atoms with E-state index < -0.39 is 0 Å². The maximum Gasteiger partial charge on any atom is 0.243 e. The first-order valence-electron chi connectivity index (χ1n) is 7.16.